The molecule has 1 saturated heterocycles. The Morgan fingerprint density at radius 2 is 1.90 bits per heavy atom. The van der Waals surface area contributed by atoms with Gasteiger partial charge in [-0.25, -0.2) is 4.39 Å². The third-order valence-corrected chi connectivity index (χ3v) is 4.20. The molecule has 3 nitrogen and oxygen atoms in total. The third-order valence-electron chi connectivity index (χ3n) is 4.20. The summed E-state index contributed by atoms with van der Waals surface area (Å²) in [5, 5.41) is 0. The summed E-state index contributed by atoms with van der Waals surface area (Å²) in [7, 11) is 0. The topological polar surface area (TPSA) is 19.4 Å². The van der Waals surface area contributed by atoms with Crippen molar-refractivity contribution in [1.29, 1.82) is 0 Å². The molecule has 1 aromatic heterocycles. The number of hydrogen-bond acceptors (Lipinski definition) is 3. The SMILES string of the molecule is CC(c1cccnc1)N1CCN(c2cccc(F)c2)CC1. The maximum Gasteiger partial charge on any atom is 0.125 e. The van der Waals surface area contributed by atoms with E-state index in [1.807, 2.05) is 18.3 Å². The number of aromatic nitrogens is 1. The number of piperazine rings is 1. The molecule has 0 radical (unpaired) electrons. The van der Waals surface area contributed by atoms with Crippen LogP contribution in [0.2, 0.25) is 0 Å². The highest BCUT2D eigenvalue weighted by atomic mass is 19.1. The smallest absolute Gasteiger partial charge is 0.125 e. The van der Waals surface area contributed by atoms with Crippen molar-refractivity contribution in [1.82, 2.24) is 9.88 Å². The number of rotatable bonds is 3. The molecule has 0 N–H and O–H groups in total. The summed E-state index contributed by atoms with van der Waals surface area (Å²) in [5.41, 5.74) is 2.22. The summed E-state index contributed by atoms with van der Waals surface area (Å²) < 4.78 is 13.3. The first-order valence-electron chi connectivity index (χ1n) is 7.38. The van der Waals surface area contributed by atoms with Crippen LogP contribution < -0.4 is 4.90 Å². The van der Waals surface area contributed by atoms with Gasteiger partial charge >= 0.3 is 0 Å². The Labute approximate surface area is 125 Å². The van der Waals surface area contributed by atoms with Crippen LogP contribution in [0.4, 0.5) is 10.1 Å². The van der Waals surface area contributed by atoms with Crippen molar-refractivity contribution in [2.24, 2.45) is 0 Å². The second-order valence-corrected chi connectivity index (χ2v) is 5.47. The summed E-state index contributed by atoms with van der Waals surface area (Å²) >= 11 is 0. The number of pyridine rings is 1. The fraction of sp³-hybridized carbons (Fsp3) is 0.353. The Hall–Kier alpha value is -1.94. The number of hydrogen-bond donors (Lipinski definition) is 0. The van der Waals surface area contributed by atoms with E-state index >= 15 is 0 Å². The van der Waals surface area contributed by atoms with Crippen LogP contribution in [-0.2, 0) is 0 Å². The molecule has 0 amide bonds. The molecule has 0 saturated carbocycles. The molecule has 0 spiro atoms. The first kappa shape index (κ1) is 14.0. The second-order valence-electron chi connectivity index (χ2n) is 5.47. The van der Waals surface area contributed by atoms with Crippen molar-refractivity contribution in [3.8, 4) is 0 Å². The zero-order chi connectivity index (χ0) is 14.7. The fourth-order valence-electron chi connectivity index (χ4n) is 2.87. The molecular weight excluding hydrogens is 265 g/mol. The van der Waals surface area contributed by atoms with Crippen molar-refractivity contribution in [3.05, 3.63) is 60.2 Å². The van der Waals surface area contributed by atoms with Crippen LogP contribution in [0.5, 0.6) is 0 Å². The average Bonchev–Trinajstić information content (AvgIpc) is 2.55. The quantitative estimate of drug-likeness (QED) is 0.864. The molecule has 1 aliphatic heterocycles. The minimum Gasteiger partial charge on any atom is -0.369 e. The summed E-state index contributed by atoms with van der Waals surface area (Å²) in [6.07, 6.45) is 3.74. The van der Waals surface area contributed by atoms with E-state index in [9.17, 15) is 4.39 Å². The summed E-state index contributed by atoms with van der Waals surface area (Å²) in [4.78, 5) is 8.89. The molecule has 3 rings (SSSR count). The van der Waals surface area contributed by atoms with Gasteiger partial charge in [0.25, 0.3) is 0 Å². The molecule has 110 valence electrons. The van der Waals surface area contributed by atoms with Crippen molar-refractivity contribution in [2.75, 3.05) is 31.1 Å². The minimum absolute atomic E-state index is 0.168. The van der Waals surface area contributed by atoms with Crippen molar-refractivity contribution in [3.63, 3.8) is 0 Å². The van der Waals surface area contributed by atoms with E-state index in [-0.39, 0.29) is 5.82 Å². The molecule has 1 atom stereocenters. The number of anilines is 1. The average molecular weight is 285 g/mol. The van der Waals surface area contributed by atoms with E-state index in [1.54, 1.807) is 18.3 Å². The van der Waals surface area contributed by atoms with Gasteiger partial charge < -0.3 is 4.90 Å². The molecule has 1 aromatic carbocycles. The molecule has 2 heterocycles. The molecule has 21 heavy (non-hydrogen) atoms. The van der Waals surface area contributed by atoms with E-state index in [0.717, 1.165) is 31.9 Å². The molecule has 0 aliphatic carbocycles. The van der Waals surface area contributed by atoms with E-state index < -0.39 is 0 Å². The van der Waals surface area contributed by atoms with Gasteiger partial charge in [0, 0.05) is 50.3 Å². The maximum absolute atomic E-state index is 13.3. The summed E-state index contributed by atoms with van der Waals surface area (Å²) in [6, 6.07) is 11.3. The van der Waals surface area contributed by atoms with Gasteiger partial charge in [-0.3, -0.25) is 9.88 Å². The molecular formula is C17H20FN3. The van der Waals surface area contributed by atoms with Gasteiger partial charge in [0.2, 0.25) is 0 Å². The standard InChI is InChI=1S/C17H20FN3/c1-14(15-4-3-7-19-13-15)20-8-10-21(11-9-20)17-6-2-5-16(18)12-17/h2-7,12-14H,8-11H2,1H3. The van der Waals surface area contributed by atoms with Crippen molar-refractivity contribution >= 4 is 5.69 Å². The van der Waals surface area contributed by atoms with E-state index in [4.69, 9.17) is 0 Å². The number of halogens is 1. The molecule has 1 fully saturated rings. The number of nitrogens with zero attached hydrogens (tertiary/aromatic N) is 3. The van der Waals surface area contributed by atoms with Gasteiger partial charge in [-0.1, -0.05) is 12.1 Å². The minimum atomic E-state index is -0.168. The van der Waals surface area contributed by atoms with Crippen LogP contribution >= 0.6 is 0 Å². The monoisotopic (exact) mass is 285 g/mol. The maximum atomic E-state index is 13.3. The Morgan fingerprint density at radius 3 is 2.57 bits per heavy atom. The highest BCUT2D eigenvalue weighted by Crippen LogP contribution is 2.23. The van der Waals surface area contributed by atoms with Crippen molar-refractivity contribution < 1.29 is 4.39 Å². The highest BCUT2D eigenvalue weighted by molar-refractivity contribution is 5.46. The highest BCUT2D eigenvalue weighted by Gasteiger charge is 2.22. The van der Waals surface area contributed by atoms with E-state index in [0.29, 0.717) is 6.04 Å². The Balaban J connectivity index is 1.63. The largest absolute Gasteiger partial charge is 0.369 e. The summed E-state index contributed by atoms with van der Waals surface area (Å²) in [5.74, 6) is -0.168. The molecule has 2 aromatic rings. The van der Waals surface area contributed by atoms with E-state index in [2.05, 4.69) is 27.8 Å². The lowest BCUT2D eigenvalue weighted by atomic mass is 10.1. The van der Waals surface area contributed by atoms with Gasteiger partial charge in [-0.05, 0) is 36.8 Å². The van der Waals surface area contributed by atoms with Crippen LogP contribution in [0.25, 0.3) is 0 Å². The molecule has 1 aliphatic rings. The Bertz CT molecular complexity index is 580. The zero-order valence-electron chi connectivity index (χ0n) is 12.2. The normalized spacial score (nSPS) is 17.7. The Morgan fingerprint density at radius 1 is 1.10 bits per heavy atom. The first-order chi connectivity index (χ1) is 10.2. The van der Waals surface area contributed by atoms with Gasteiger partial charge in [-0.2, -0.15) is 0 Å². The van der Waals surface area contributed by atoms with Crippen LogP contribution in [0.3, 0.4) is 0 Å². The predicted octanol–water partition coefficient (Wildman–Crippen LogP) is 3.10. The third kappa shape index (κ3) is 3.22. The van der Waals surface area contributed by atoms with Gasteiger partial charge in [0.05, 0.1) is 0 Å². The fourth-order valence-corrected chi connectivity index (χ4v) is 2.87. The van der Waals surface area contributed by atoms with Crippen LogP contribution in [0.1, 0.15) is 18.5 Å². The molecule has 1 unspecified atom stereocenters. The second kappa shape index (κ2) is 6.22. The lowest BCUT2D eigenvalue weighted by molar-refractivity contribution is 0.198. The molecule has 0 bridgehead atoms. The summed E-state index contributed by atoms with van der Waals surface area (Å²) in [6.45, 7) is 6.02. The lowest BCUT2D eigenvalue weighted by Gasteiger charge is -2.39. The van der Waals surface area contributed by atoms with Crippen molar-refractivity contribution in [2.45, 2.75) is 13.0 Å². The van der Waals surface area contributed by atoms with Gasteiger partial charge in [0.1, 0.15) is 5.82 Å². The Kier molecular flexibility index (Phi) is 4.15. The molecule has 4 heteroatoms. The van der Waals surface area contributed by atoms with Gasteiger partial charge in [-0.15, -0.1) is 0 Å². The lowest BCUT2D eigenvalue weighted by Crippen LogP contribution is -2.47. The van der Waals surface area contributed by atoms with E-state index in [1.165, 1.54) is 11.6 Å². The van der Waals surface area contributed by atoms with Gasteiger partial charge in [0.15, 0.2) is 0 Å². The number of benzene rings is 1. The predicted molar refractivity (Wildman–Crippen MR) is 82.8 cm³/mol. The first-order valence-corrected chi connectivity index (χ1v) is 7.38. The van der Waals surface area contributed by atoms with Crippen LogP contribution in [0, 0.1) is 5.82 Å². The zero-order valence-corrected chi connectivity index (χ0v) is 12.2. The van der Waals surface area contributed by atoms with Crippen LogP contribution in [-0.4, -0.2) is 36.1 Å². The van der Waals surface area contributed by atoms with Crippen LogP contribution in [0.15, 0.2) is 48.8 Å².